The maximum atomic E-state index is 11.9. The van der Waals surface area contributed by atoms with Gasteiger partial charge in [0.1, 0.15) is 0 Å². The Hall–Kier alpha value is -2.04. The van der Waals surface area contributed by atoms with Crippen molar-refractivity contribution in [2.24, 2.45) is 0 Å². The number of carbonyl (C=O) groups is 2. The SMILES string of the molecule is COC(=O)c1ccccc1NCC(=O)NC1CCCCC1. The molecule has 1 aliphatic rings. The number of ether oxygens (including phenoxy) is 1. The van der Waals surface area contributed by atoms with Crippen LogP contribution in [0.15, 0.2) is 24.3 Å². The van der Waals surface area contributed by atoms with Gasteiger partial charge in [0.05, 0.1) is 19.2 Å². The zero-order valence-corrected chi connectivity index (χ0v) is 12.4. The third-order valence-electron chi connectivity index (χ3n) is 3.74. The third kappa shape index (κ3) is 4.48. The molecule has 0 unspecified atom stereocenters. The zero-order chi connectivity index (χ0) is 15.1. The molecule has 2 N–H and O–H groups in total. The molecule has 0 aromatic heterocycles. The molecular formula is C16H22N2O3. The van der Waals surface area contributed by atoms with Gasteiger partial charge >= 0.3 is 5.97 Å². The average Bonchev–Trinajstić information content (AvgIpc) is 2.53. The molecule has 21 heavy (non-hydrogen) atoms. The highest BCUT2D eigenvalue weighted by Gasteiger charge is 2.16. The normalized spacial score (nSPS) is 15.3. The first-order valence-corrected chi connectivity index (χ1v) is 7.41. The van der Waals surface area contributed by atoms with Crippen molar-refractivity contribution in [1.82, 2.24) is 5.32 Å². The lowest BCUT2D eigenvalue weighted by molar-refractivity contribution is -0.120. The Bertz CT molecular complexity index is 496. The Kier molecular flexibility index (Phi) is 5.60. The number of para-hydroxylation sites is 1. The van der Waals surface area contributed by atoms with E-state index in [2.05, 4.69) is 10.6 Å². The maximum absolute atomic E-state index is 11.9. The van der Waals surface area contributed by atoms with Crippen molar-refractivity contribution in [3.05, 3.63) is 29.8 Å². The first kappa shape index (κ1) is 15.4. The van der Waals surface area contributed by atoms with E-state index in [0.717, 1.165) is 12.8 Å². The van der Waals surface area contributed by atoms with Crippen molar-refractivity contribution in [3.8, 4) is 0 Å². The minimum Gasteiger partial charge on any atom is -0.465 e. The predicted molar refractivity (Wildman–Crippen MR) is 81.3 cm³/mol. The van der Waals surface area contributed by atoms with Crippen molar-refractivity contribution in [2.45, 2.75) is 38.1 Å². The van der Waals surface area contributed by atoms with Crippen LogP contribution >= 0.6 is 0 Å². The van der Waals surface area contributed by atoms with Gasteiger partial charge in [-0.2, -0.15) is 0 Å². The highest BCUT2D eigenvalue weighted by atomic mass is 16.5. The lowest BCUT2D eigenvalue weighted by Crippen LogP contribution is -2.39. The van der Waals surface area contributed by atoms with E-state index in [0.29, 0.717) is 17.3 Å². The molecule has 1 aromatic rings. The first-order valence-electron chi connectivity index (χ1n) is 7.41. The number of esters is 1. The highest BCUT2D eigenvalue weighted by Crippen LogP contribution is 2.18. The van der Waals surface area contributed by atoms with Crippen molar-refractivity contribution in [2.75, 3.05) is 19.0 Å². The number of carbonyl (C=O) groups excluding carboxylic acids is 2. The molecule has 2 rings (SSSR count). The lowest BCUT2D eigenvalue weighted by Gasteiger charge is -2.23. The highest BCUT2D eigenvalue weighted by molar-refractivity contribution is 5.96. The van der Waals surface area contributed by atoms with Crippen molar-refractivity contribution in [3.63, 3.8) is 0 Å². The fraction of sp³-hybridized carbons (Fsp3) is 0.500. The Morgan fingerprint density at radius 2 is 1.90 bits per heavy atom. The summed E-state index contributed by atoms with van der Waals surface area (Å²) in [6.07, 6.45) is 5.75. The summed E-state index contributed by atoms with van der Waals surface area (Å²) in [6, 6.07) is 7.31. The van der Waals surface area contributed by atoms with Crippen molar-refractivity contribution >= 4 is 17.6 Å². The quantitative estimate of drug-likeness (QED) is 0.817. The Balaban J connectivity index is 1.87. The molecule has 1 aromatic carbocycles. The lowest BCUT2D eigenvalue weighted by atomic mass is 9.95. The largest absolute Gasteiger partial charge is 0.465 e. The molecule has 0 bridgehead atoms. The Labute approximate surface area is 125 Å². The second kappa shape index (κ2) is 7.67. The van der Waals surface area contributed by atoms with E-state index in [-0.39, 0.29) is 12.5 Å². The van der Waals surface area contributed by atoms with Crippen LogP contribution < -0.4 is 10.6 Å². The number of anilines is 1. The fourth-order valence-corrected chi connectivity index (χ4v) is 2.63. The molecule has 1 saturated carbocycles. The van der Waals surface area contributed by atoms with E-state index >= 15 is 0 Å². The van der Waals surface area contributed by atoms with Gasteiger partial charge < -0.3 is 15.4 Å². The van der Waals surface area contributed by atoms with Crippen LogP contribution in [0.3, 0.4) is 0 Å². The molecule has 1 fully saturated rings. The monoisotopic (exact) mass is 290 g/mol. The summed E-state index contributed by atoms with van der Waals surface area (Å²) in [5.74, 6) is -0.452. The van der Waals surface area contributed by atoms with Gasteiger partial charge in [0.2, 0.25) is 5.91 Å². The van der Waals surface area contributed by atoms with Crippen molar-refractivity contribution < 1.29 is 14.3 Å². The molecular weight excluding hydrogens is 268 g/mol. The summed E-state index contributed by atoms with van der Waals surface area (Å²) in [4.78, 5) is 23.6. The number of benzene rings is 1. The molecule has 0 heterocycles. The van der Waals surface area contributed by atoms with Crippen LogP contribution in [0.5, 0.6) is 0 Å². The van der Waals surface area contributed by atoms with Crippen LogP contribution in [0.25, 0.3) is 0 Å². The van der Waals surface area contributed by atoms with Crippen LogP contribution in [-0.2, 0) is 9.53 Å². The molecule has 1 amide bonds. The number of rotatable bonds is 5. The summed E-state index contributed by atoms with van der Waals surface area (Å²) in [5, 5.41) is 6.04. The first-order chi connectivity index (χ1) is 10.2. The van der Waals surface area contributed by atoms with Gasteiger partial charge in [-0.25, -0.2) is 4.79 Å². The van der Waals surface area contributed by atoms with Gasteiger partial charge in [0.25, 0.3) is 0 Å². The summed E-state index contributed by atoms with van der Waals surface area (Å²) in [7, 11) is 1.34. The van der Waals surface area contributed by atoms with Gasteiger partial charge in [0.15, 0.2) is 0 Å². The van der Waals surface area contributed by atoms with E-state index in [1.54, 1.807) is 18.2 Å². The zero-order valence-electron chi connectivity index (χ0n) is 12.4. The molecule has 5 nitrogen and oxygen atoms in total. The van der Waals surface area contributed by atoms with Gasteiger partial charge in [-0.3, -0.25) is 4.79 Å². The topological polar surface area (TPSA) is 67.4 Å². The minimum atomic E-state index is -0.411. The maximum Gasteiger partial charge on any atom is 0.339 e. The summed E-state index contributed by atoms with van der Waals surface area (Å²) < 4.78 is 4.73. The second-order valence-electron chi connectivity index (χ2n) is 5.29. The van der Waals surface area contributed by atoms with Crippen LogP contribution in [0.1, 0.15) is 42.5 Å². The van der Waals surface area contributed by atoms with E-state index in [4.69, 9.17) is 4.74 Å². The summed E-state index contributed by atoms with van der Waals surface area (Å²) in [5.41, 5.74) is 1.05. The molecule has 0 saturated heterocycles. The number of amides is 1. The molecule has 0 atom stereocenters. The van der Waals surface area contributed by atoms with Gasteiger partial charge in [-0.05, 0) is 25.0 Å². The second-order valence-corrected chi connectivity index (χ2v) is 5.29. The average molecular weight is 290 g/mol. The van der Waals surface area contributed by atoms with Crippen molar-refractivity contribution in [1.29, 1.82) is 0 Å². The van der Waals surface area contributed by atoms with Gasteiger partial charge in [-0.1, -0.05) is 31.4 Å². The Morgan fingerprint density at radius 3 is 2.62 bits per heavy atom. The summed E-state index contributed by atoms with van der Waals surface area (Å²) in [6.45, 7) is 0.157. The molecule has 5 heteroatoms. The molecule has 0 aliphatic heterocycles. The smallest absolute Gasteiger partial charge is 0.339 e. The third-order valence-corrected chi connectivity index (χ3v) is 3.74. The Morgan fingerprint density at radius 1 is 1.19 bits per heavy atom. The van der Waals surface area contributed by atoms with Crippen LogP contribution in [0, 0.1) is 0 Å². The van der Waals surface area contributed by atoms with E-state index < -0.39 is 5.97 Å². The van der Waals surface area contributed by atoms with Crippen LogP contribution in [0.2, 0.25) is 0 Å². The number of hydrogen-bond donors (Lipinski definition) is 2. The van der Waals surface area contributed by atoms with Gasteiger partial charge in [0, 0.05) is 11.7 Å². The predicted octanol–water partition coefficient (Wildman–Crippen LogP) is 2.33. The number of nitrogens with one attached hydrogen (secondary N) is 2. The molecule has 0 spiro atoms. The standard InChI is InChI=1S/C16H22N2O3/c1-21-16(20)13-9-5-6-10-14(13)17-11-15(19)18-12-7-3-2-4-8-12/h5-6,9-10,12,17H,2-4,7-8,11H2,1H3,(H,18,19). The van der Waals surface area contributed by atoms with E-state index in [1.165, 1.54) is 26.4 Å². The van der Waals surface area contributed by atoms with E-state index in [1.807, 2.05) is 6.07 Å². The van der Waals surface area contributed by atoms with Gasteiger partial charge in [-0.15, -0.1) is 0 Å². The molecule has 114 valence electrons. The summed E-state index contributed by atoms with van der Waals surface area (Å²) >= 11 is 0. The minimum absolute atomic E-state index is 0.0402. The van der Waals surface area contributed by atoms with E-state index in [9.17, 15) is 9.59 Å². The van der Waals surface area contributed by atoms with Crippen LogP contribution in [0.4, 0.5) is 5.69 Å². The number of hydrogen-bond acceptors (Lipinski definition) is 4. The fourth-order valence-electron chi connectivity index (χ4n) is 2.63. The number of methoxy groups -OCH3 is 1. The molecule has 0 radical (unpaired) electrons. The molecule has 1 aliphatic carbocycles. The van der Waals surface area contributed by atoms with Crippen LogP contribution in [-0.4, -0.2) is 31.6 Å².